The molecule has 4 heteroatoms. The van der Waals surface area contributed by atoms with Crippen LogP contribution in [0.2, 0.25) is 0 Å². The molecular weight excluding hydrogens is 236 g/mol. The highest BCUT2D eigenvalue weighted by Crippen LogP contribution is 2.31. The Labute approximate surface area is 116 Å². The molecule has 0 spiro atoms. The molecule has 0 aromatic carbocycles. The topological polar surface area (TPSA) is 41.1 Å². The highest BCUT2D eigenvalue weighted by Gasteiger charge is 2.30. The zero-order valence-electron chi connectivity index (χ0n) is 12.8. The van der Waals surface area contributed by atoms with Crippen molar-refractivity contribution >= 4 is 5.82 Å². The Morgan fingerprint density at radius 2 is 2.05 bits per heavy atom. The predicted molar refractivity (Wildman–Crippen MR) is 79.2 cm³/mol. The summed E-state index contributed by atoms with van der Waals surface area (Å²) in [6.07, 6.45) is 4.95. The molecule has 1 aliphatic heterocycles. The van der Waals surface area contributed by atoms with E-state index in [-0.39, 0.29) is 5.54 Å². The summed E-state index contributed by atoms with van der Waals surface area (Å²) in [4.78, 5) is 11.4. The largest absolute Gasteiger partial charge is 0.355 e. The Morgan fingerprint density at radius 1 is 1.32 bits per heavy atom. The maximum absolute atomic E-state index is 4.72. The molecule has 0 unspecified atom stereocenters. The van der Waals surface area contributed by atoms with E-state index in [2.05, 4.69) is 49.8 Å². The van der Waals surface area contributed by atoms with Crippen LogP contribution in [0.15, 0.2) is 12.4 Å². The Kier molecular flexibility index (Phi) is 3.81. The van der Waals surface area contributed by atoms with E-state index in [0.29, 0.717) is 5.41 Å². The number of nitrogens with one attached hydrogen (secondary N) is 1. The van der Waals surface area contributed by atoms with Crippen LogP contribution in [0.1, 0.15) is 46.7 Å². The van der Waals surface area contributed by atoms with Crippen LogP contribution in [0.3, 0.4) is 0 Å². The van der Waals surface area contributed by atoms with Gasteiger partial charge in [-0.3, -0.25) is 4.98 Å². The van der Waals surface area contributed by atoms with Gasteiger partial charge in [0.1, 0.15) is 5.82 Å². The number of rotatable bonds is 3. The number of nitrogens with zero attached hydrogens (tertiary/aromatic N) is 3. The Bertz CT molecular complexity index is 434. The van der Waals surface area contributed by atoms with Crippen molar-refractivity contribution in [1.29, 1.82) is 0 Å². The van der Waals surface area contributed by atoms with E-state index in [9.17, 15) is 0 Å². The zero-order chi connectivity index (χ0) is 14.1. The van der Waals surface area contributed by atoms with Crippen molar-refractivity contribution < 1.29 is 0 Å². The molecule has 0 radical (unpaired) electrons. The summed E-state index contributed by atoms with van der Waals surface area (Å²) in [5, 5.41) is 3.45. The van der Waals surface area contributed by atoms with Gasteiger partial charge in [0.15, 0.2) is 0 Å². The number of aromatic nitrogens is 2. The number of anilines is 1. The van der Waals surface area contributed by atoms with Gasteiger partial charge in [-0.15, -0.1) is 0 Å². The maximum atomic E-state index is 4.72. The van der Waals surface area contributed by atoms with Crippen molar-refractivity contribution in [2.75, 3.05) is 18.0 Å². The van der Waals surface area contributed by atoms with Crippen LogP contribution < -0.4 is 10.2 Å². The lowest BCUT2D eigenvalue weighted by molar-refractivity contribution is 0.417. The van der Waals surface area contributed by atoms with Crippen molar-refractivity contribution in [3.05, 3.63) is 18.1 Å². The normalized spacial score (nSPS) is 18.9. The van der Waals surface area contributed by atoms with E-state index in [1.54, 1.807) is 0 Å². The summed E-state index contributed by atoms with van der Waals surface area (Å²) in [5.74, 6) is 1.01. The minimum atomic E-state index is 0.104. The second-order valence-electron chi connectivity index (χ2n) is 7.31. The average molecular weight is 262 g/mol. The van der Waals surface area contributed by atoms with Crippen LogP contribution >= 0.6 is 0 Å². The molecule has 19 heavy (non-hydrogen) atoms. The van der Waals surface area contributed by atoms with Gasteiger partial charge in [0.2, 0.25) is 0 Å². The highest BCUT2D eigenvalue weighted by atomic mass is 15.2. The quantitative estimate of drug-likeness (QED) is 0.909. The van der Waals surface area contributed by atoms with Gasteiger partial charge in [0.25, 0.3) is 0 Å². The summed E-state index contributed by atoms with van der Waals surface area (Å²) >= 11 is 0. The van der Waals surface area contributed by atoms with Crippen molar-refractivity contribution in [3.8, 4) is 0 Å². The molecule has 1 saturated heterocycles. The monoisotopic (exact) mass is 262 g/mol. The second kappa shape index (κ2) is 5.08. The van der Waals surface area contributed by atoms with Gasteiger partial charge >= 0.3 is 0 Å². The maximum Gasteiger partial charge on any atom is 0.147 e. The molecular formula is C15H26N4. The minimum Gasteiger partial charge on any atom is -0.355 e. The minimum absolute atomic E-state index is 0.104. The van der Waals surface area contributed by atoms with Crippen molar-refractivity contribution in [3.63, 3.8) is 0 Å². The molecule has 0 aliphatic carbocycles. The van der Waals surface area contributed by atoms with E-state index in [4.69, 9.17) is 4.98 Å². The standard InChI is InChI=1S/C15H26N4/c1-14(2,3)17-9-12-8-16-10-13(18-12)19-7-6-15(4,5)11-19/h8,10,17H,6-7,9,11H2,1-5H3. The molecule has 4 nitrogen and oxygen atoms in total. The lowest BCUT2D eigenvalue weighted by Gasteiger charge is -2.22. The van der Waals surface area contributed by atoms with Crippen LogP contribution in [0.25, 0.3) is 0 Å². The first-order valence-corrected chi connectivity index (χ1v) is 7.06. The third-order valence-electron chi connectivity index (χ3n) is 3.47. The van der Waals surface area contributed by atoms with E-state index in [1.165, 1.54) is 6.42 Å². The van der Waals surface area contributed by atoms with Crippen LogP contribution in [0.5, 0.6) is 0 Å². The Hall–Kier alpha value is -1.16. The molecule has 1 aliphatic rings. The summed E-state index contributed by atoms with van der Waals surface area (Å²) in [5.41, 5.74) is 1.51. The molecule has 0 bridgehead atoms. The predicted octanol–water partition coefficient (Wildman–Crippen LogP) is 2.60. The fourth-order valence-corrected chi connectivity index (χ4v) is 2.30. The second-order valence-corrected chi connectivity index (χ2v) is 7.31. The molecule has 1 N–H and O–H groups in total. The molecule has 1 aromatic heterocycles. The van der Waals surface area contributed by atoms with Gasteiger partial charge in [0, 0.05) is 31.4 Å². The summed E-state index contributed by atoms with van der Waals surface area (Å²) < 4.78 is 0. The van der Waals surface area contributed by atoms with E-state index >= 15 is 0 Å². The van der Waals surface area contributed by atoms with E-state index in [0.717, 1.165) is 31.1 Å². The lowest BCUT2D eigenvalue weighted by Crippen LogP contribution is -2.35. The van der Waals surface area contributed by atoms with E-state index in [1.807, 2.05) is 12.4 Å². The van der Waals surface area contributed by atoms with Gasteiger partial charge in [-0.1, -0.05) is 13.8 Å². The average Bonchev–Trinajstić information content (AvgIpc) is 2.67. The molecule has 1 fully saturated rings. The summed E-state index contributed by atoms with van der Waals surface area (Å²) in [7, 11) is 0. The molecule has 2 rings (SSSR count). The van der Waals surface area contributed by atoms with Crippen molar-refractivity contribution in [2.24, 2.45) is 5.41 Å². The van der Waals surface area contributed by atoms with Crippen LogP contribution in [0.4, 0.5) is 5.82 Å². The molecule has 0 amide bonds. The third kappa shape index (κ3) is 4.16. The first kappa shape index (κ1) is 14.3. The molecule has 0 saturated carbocycles. The fraction of sp³-hybridized carbons (Fsp3) is 0.733. The summed E-state index contributed by atoms with van der Waals surface area (Å²) in [6.45, 7) is 14.0. The molecule has 106 valence electrons. The number of hydrogen-bond acceptors (Lipinski definition) is 4. The van der Waals surface area contributed by atoms with Gasteiger partial charge in [-0.2, -0.15) is 0 Å². The van der Waals surface area contributed by atoms with Crippen LogP contribution in [-0.4, -0.2) is 28.6 Å². The van der Waals surface area contributed by atoms with Gasteiger partial charge in [0.05, 0.1) is 11.9 Å². The van der Waals surface area contributed by atoms with Gasteiger partial charge < -0.3 is 10.2 Å². The highest BCUT2D eigenvalue weighted by molar-refractivity contribution is 5.38. The van der Waals surface area contributed by atoms with Crippen LogP contribution in [0, 0.1) is 5.41 Å². The third-order valence-corrected chi connectivity index (χ3v) is 3.47. The Balaban J connectivity index is 2.03. The smallest absolute Gasteiger partial charge is 0.147 e. The van der Waals surface area contributed by atoms with Crippen molar-refractivity contribution in [2.45, 2.75) is 53.1 Å². The Morgan fingerprint density at radius 3 is 2.63 bits per heavy atom. The van der Waals surface area contributed by atoms with Gasteiger partial charge in [-0.05, 0) is 32.6 Å². The lowest BCUT2D eigenvalue weighted by atomic mass is 9.93. The van der Waals surface area contributed by atoms with Gasteiger partial charge in [-0.25, -0.2) is 4.98 Å². The fourth-order valence-electron chi connectivity index (χ4n) is 2.30. The zero-order valence-corrected chi connectivity index (χ0v) is 12.8. The summed E-state index contributed by atoms with van der Waals surface area (Å²) in [6, 6.07) is 0. The molecule has 1 aromatic rings. The molecule has 2 heterocycles. The molecule has 0 atom stereocenters. The van der Waals surface area contributed by atoms with E-state index < -0.39 is 0 Å². The first-order valence-electron chi connectivity index (χ1n) is 7.06. The first-order chi connectivity index (χ1) is 8.75. The number of hydrogen-bond donors (Lipinski definition) is 1. The van der Waals surface area contributed by atoms with Crippen LogP contribution in [-0.2, 0) is 6.54 Å². The van der Waals surface area contributed by atoms with Crippen molar-refractivity contribution in [1.82, 2.24) is 15.3 Å². The SMILES string of the molecule is CC1(C)CCN(c2cncc(CNC(C)(C)C)n2)C1.